The van der Waals surface area contributed by atoms with Crippen molar-refractivity contribution in [1.82, 2.24) is 5.32 Å². The van der Waals surface area contributed by atoms with Gasteiger partial charge in [-0.1, -0.05) is 24.3 Å². The molecule has 0 bridgehead atoms. The van der Waals surface area contributed by atoms with Crippen LogP contribution in [0.15, 0.2) is 24.3 Å². The average Bonchev–Trinajstić information content (AvgIpc) is 2.29. The number of nitrogens with zero attached hydrogens (tertiary/aromatic N) is 1. The number of nitriles is 1. The van der Waals surface area contributed by atoms with Crippen LogP contribution in [0.4, 0.5) is 0 Å². The molecule has 1 unspecified atom stereocenters. The molecular weight excluding hydrogens is 203 g/mol. The zero-order valence-corrected chi connectivity index (χ0v) is 9.22. The van der Waals surface area contributed by atoms with Gasteiger partial charge in [-0.3, -0.25) is 0 Å². The molecule has 5 heteroatoms. The Morgan fingerprint density at radius 2 is 2.12 bits per heavy atom. The number of rotatable bonds is 5. The summed E-state index contributed by atoms with van der Waals surface area (Å²) in [5, 5.41) is 30.0. The van der Waals surface area contributed by atoms with E-state index in [0.717, 1.165) is 5.56 Å². The molecule has 0 aliphatic rings. The van der Waals surface area contributed by atoms with Crippen LogP contribution in [0.3, 0.4) is 0 Å². The van der Waals surface area contributed by atoms with Gasteiger partial charge in [-0.2, -0.15) is 5.26 Å². The van der Waals surface area contributed by atoms with Gasteiger partial charge in [0.05, 0.1) is 12.0 Å². The quantitative estimate of drug-likeness (QED) is 0.588. The maximum atomic E-state index is 9.13. The van der Waals surface area contributed by atoms with Crippen molar-refractivity contribution in [3.63, 3.8) is 0 Å². The van der Waals surface area contributed by atoms with Gasteiger partial charge in [-0.15, -0.1) is 0 Å². The fraction of sp³-hybridized carbons (Fsp3) is 0.364. The predicted octanol–water partition coefficient (Wildman–Crippen LogP) is -0.384. The monoisotopic (exact) mass is 218 g/mol. The summed E-state index contributed by atoms with van der Waals surface area (Å²) in [6.45, 7) is 2.95. The van der Waals surface area contributed by atoms with Crippen molar-refractivity contribution >= 4 is 12.6 Å². The van der Waals surface area contributed by atoms with Gasteiger partial charge >= 0.3 is 7.12 Å². The van der Waals surface area contributed by atoms with Gasteiger partial charge in [0.25, 0.3) is 0 Å². The second-order valence-corrected chi connectivity index (χ2v) is 3.73. The van der Waals surface area contributed by atoms with Crippen LogP contribution in [0.5, 0.6) is 0 Å². The fourth-order valence-electron chi connectivity index (χ4n) is 1.42. The zero-order valence-electron chi connectivity index (χ0n) is 9.22. The van der Waals surface area contributed by atoms with Crippen LogP contribution in [0.25, 0.3) is 0 Å². The molecule has 0 aliphatic heterocycles. The number of hydrogen-bond acceptors (Lipinski definition) is 4. The first-order valence-electron chi connectivity index (χ1n) is 5.19. The summed E-state index contributed by atoms with van der Waals surface area (Å²) in [6, 6.07) is 9.24. The van der Waals surface area contributed by atoms with Crippen molar-refractivity contribution in [3.05, 3.63) is 29.8 Å². The average molecular weight is 218 g/mol. The SMILES string of the molecule is CC(C#N)CNCc1ccccc1B(O)O. The fourth-order valence-corrected chi connectivity index (χ4v) is 1.42. The minimum absolute atomic E-state index is 0.0498. The van der Waals surface area contributed by atoms with E-state index >= 15 is 0 Å². The van der Waals surface area contributed by atoms with E-state index in [0.29, 0.717) is 18.6 Å². The zero-order chi connectivity index (χ0) is 12.0. The van der Waals surface area contributed by atoms with Crippen molar-refractivity contribution < 1.29 is 10.0 Å². The Morgan fingerprint density at radius 3 is 2.75 bits per heavy atom. The van der Waals surface area contributed by atoms with E-state index in [1.807, 2.05) is 19.1 Å². The van der Waals surface area contributed by atoms with Crippen molar-refractivity contribution in [2.45, 2.75) is 13.5 Å². The predicted molar refractivity (Wildman–Crippen MR) is 62.8 cm³/mol. The first kappa shape index (κ1) is 12.7. The Morgan fingerprint density at radius 1 is 1.44 bits per heavy atom. The van der Waals surface area contributed by atoms with E-state index in [1.165, 1.54) is 0 Å². The Hall–Kier alpha value is -1.35. The molecule has 1 rings (SSSR count). The van der Waals surface area contributed by atoms with Gasteiger partial charge in [0.15, 0.2) is 0 Å². The summed E-state index contributed by atoms with van der Waals surface area (Å²) < 4.78 is 0. The third-order valence-corrected chi connectivity index (χ3v) is 2.32. The maximum absolute atomic E-state index is 9.13. The van der Waals surface area contributed by atoms with Crippen LogP contribution < -0.4 is 10.8 Å². The number of hydrogen-bond donors (Lipinski definition) is 3. The second-order valence-electron chi connectivity index (χ2n) is 3.73. The summed E-state index contributed by atoms with van der Waals surface area (Å²) in [7, 11) is -1.45. The number of nitrogens with one attached hydrogen (secondary N) is 1. The molecule has 0 fully saturated rings. The molecule has 4 nitrogen and oxygen atoms in total. The van der Waals surface area contributed by atoms with Crippen LogP contribution >= 0.6 is 0 Å². The standard InChI is InChI=1S/C11H15BN2O2/c1-9(6-13)7-14-8-10-4-2-3-5-11(10)12(15)16/h2-5,9,14-16H,7-8H2,1H3. The second kappa shape index (κ2) is 6.28. The minimum atomic E-state index is -1.45. The molecule has 0 saturated carbocycles. The molecule has 0 amide bonds. The van der Waals surface area contributed by atoms with Gasteiger partial charge < -0.3 is 15.4 Å². The minimum Gasteiger partial charge on any atom is -0.423 e. The largest absolute Gasteiger partial charge is 0.488 e. The molecule has 1 aromatic rings. The molecule has 3 N–H and O–H groups in total. The summed E-state index contributed by atoms with van der Waals surface area (Å²) in [6.07, 6.45) is 0. The summed E-state index contributed by atoms with van der Waals surface area (Å²) in [5.41, 5.74) is 1.34. The first-order valence-corrected chi connectivity index (χ1v) is 5.19. The molecule has 84 valence electrons. The van der Waals surface area contributed by atoms with E-state index in [-0.39, 0.29) is 5.92 Å². The van der Waals surface area contributed by atoms with Gasteiger partial charge in [-0.05, 0) is 17.9 Å². The topological polar surface area (TPSA) is 76.3 Å². The molecule has 0 aromatic heterocycles. The molecule has 1 aromatic carbocycles. The molecule has 16 heavy (non-hydrogen) atoms. The van der Waals surface area contributed by atoms with Crippen molar-refractivity contribution in [1.29, 1.82) is 5.26 Å². The van der Waals surface area contributed by atoms with Crippen molar-refractivity contribution in [2.24, 2.45) is 5.92 Å². The lowest BCUT2D eigenvalue weighted by molar-refractivity contribution is 0.425. The Labute approximate surface area is 95.7 Å². The Kier molecular flexibility index (Phi) is 5.00. The summed E-state index contributed by atoms with van der Waals surface area (Å²) >= 11 is 0. The van der Waals surface area contributed by atoms with Gasteiger partial charge in [0, 0.05) is 13.1 Å². The van der Waals surface area contributed by atoms with E-state index in [4.69, 9.17) is 15.3 Å². The molecule has 0 heterocycles. The highest BCUT2D eigenvalue weighted by atomic mass is 16.4. The highest BCUT2D eigenvalue weighted by Gasteiger charge is 2.14. The van der Waals surface area contributed by atoms with Crippen LogP contribution in [-0.2, 0) is 6.54 Å². The van der Waals surface area contributed by atoms with Crippen LogP contribution in [0.2, 0.25) is 0 Å². The lowest BCUT2D eigenvalue weighted by Crippen LogP contribution is -2.35. The Bertz CT molecular complexity index is 376. The van der Waals surface area contributed by atoms with E-state index < -0.39 is 7.12 Å². The van der Waals surface area contributed by atoms with E-state index in [9.17, 15) is 0 Å². The lowest BCUT2D eigenvalue weighted by atomic mass is 9.77. The van der Waals surface area contributed by atoms with Crippen LogP contribution in [0.1, 0.15) is 12.5 Å². The molecule has 0 spiro atoms. The van der Waals surface area contributed by atoms with Gasteiger partial charge in [0.1, 0.15) is 0 Å². The molecular formula is C11H15BN2O2. The highest BCUT2D eigenvalue weighted by Crippen LogP contribution is 1.97. The molecule has 1 atom stereocenters. The molecule has 0 radical (unpaired) electrons. The normalized spacial score (nSPS) is 11.9. The first-order chi connectivity index (χ1) is 7.65. The van der Waals surface area contributed by atoms with Gasteiger partial charge in [0.2, 0.25) is 0 Å². The van der Waals surface area contributed by atoms with Crippen LogP contribution in [0, 0.1) is 17.2 Å². The third kappa shape index (κ3) is 3.67. The molecule has 0 aliphatic carbocycles. The van der Waals surface area contributed by atoms with E-state index in [2.05, 4.69) is 11.4 Å². The number of benzene rings is 1. The molecule has 0 saturated heterocycles. The third-order valence-electron chi connectivity index (χ3n) is 2.32. The lowest BCUT2D eigenvalue weighted by Gasteiger charge is -2.10. The Balaban J connectivity index is 2.57. The van der Waals surface area contributed by atoms with Crippen molar-refractivity contribution in [2.75, 3.05) is 6.54 Å². The van der Waals surface area contributed by atoms with Crippen molar-refractivity contribution in [3.8, 4) is 6.07 Å². The van der Waals surface area contributed by atoms with Gasteiger partial charge in [-0.25, -0.2) is 0 Å². The summed E-state index contributed by atoms with van der Waals surface area (Å²) in [5.74, 6) is -0.0498. The van der Waals surface area contributed by atoms with E-state index in [1.54, 1.807) is 12.1 Å². The maximum Gasteiger partial charge on any atom is 0.488 e. The highest BCUT2D eigenvalue weighted by molar-refractivity contribution is 6.59. The summed E-state index contributed by atoms with van der Waals surface area (Å²) in [4.78, 5) is 0. The smallest absolute Gasteiger partial charge is 0.423 e. The van der Waals surface area contributed by atoms with Crippen LogP contribution in [-0.4, -0.2) is 23.7 Å².